The zero-order valence-electron chi connectivity index (χ0n) is 20.7. The summed E-state index contributed by atoms with van der Waals surface area (Å²) in [4.78, 5) is 5.19. The quantitative estimate of drug-likeness (QED) is 0.224. The number of fused-ring (bicyclic) bond motifs is 8. The number of benzene rings is 5. The third-order valence-corrected chi connectivity index (χ3v) is 9.26. The van der Waals surface area contributed by atoms with Gasteiger partial charge in [-0.05, 0) is 63.5 Å². The molecule has 0 amide bonds. The van der Waals surface area contributed by atoms with Crippen LogP contribution in [-0.4, -0.2) is 6.85 Å². The van der Waals surface area contributed by atoms with E-state index in [0.717, 1.165) is 11.5 Å². The Morgan fingerprint density at radius 1 is 0.649 bits per heavy atom. The van der Waals surface area contributed by atoms with Gasteiger partial charge in [-0.3, -0.25) is 0 Å². The van der Waals surface area contributed by atoms with Gasteiger partial charge in [-0.1, -0.05) is 104 Å². The van der Waals surface area contributed by atoms with Gasteiger partial charge >= 0.3 is 6.85 Å². The zero-order valence-corrected chi connectivity index (χ0v) is 21.5. The molecule has 0 bridgehead atoms. The predicted octanol–water partition coefficient (Wildman–Crippen LogP) is 7.51. The molecule has 2 heterocycles. The first-order chi connectivity index (χ1) is 18.1. The highest BCUT2D eigenvalue weighted by molar-refractivity contribution is 7.99. The van der Waals surface area contributed by atoms with Gasteiger partial charge in [-0.15, -0.1) is 0 Å². The second-order valence-electron chi connectivity index (χ2n) is 10.5. The zero-order chi connectivity index (χ0) is 24.7. The molecular weight excluding hydrogens is 469 g/mol. The molecule has 0 atom stereocenters. The molecule has 0 saturated carbocycles. The molecule has 176 valence electrons. The standard InChI is InChI=1S/C33H24BNOS/c1-33(2)23-12-4-3-11-21(23)22-19-20-30-32(31(22)33)35(26-15-7-10-18-29(26)37-30)34-24-13-5-8-16-27(24)36-28-17-9-6-14-25(28)34/h3-20H,1-2H3. The van der Waals surface area contributed by atoms with E-state index < -0.39 is 0 Å². The van der Waals surface area contributed by atoms with Crippen LogP contribution in [0.15, 0.2) is 119 Å². The first kappa shape index (κ1) is 21.2. The SMILES string of the molecule is CC1(C)c2ccccc2-c2ccc3c(c21)N(B1c2ccccc2Oc2ccccc21)c1ccccc1S3. The van der Waals surface area contributed by atoms with Crippen LogP contribution >= 0.6 is 11.8 Å². The number of para-hydroxylation sites is 3. The molecule has 0 N–H and O–H groups in total. The summed E-state index contributed by atoms with van der Waals surface area (Å²) < 4.78 is 6.43. The molecule has 0 saturated heterocycles. The highest BCUT2D eigenvalue weighted by Crippen LogP contribution is 2.59. The predicted molar refractivity (Wildman–Crippen MR) is 155 cm³/mol. The van der Waals surface area contributed by atoms with Crippen molar-refractivity contribution in [2.24, 2.45) is 0 Å². The van der Waals surface area contributed by atoms with Gasteiger partial charge in [0.25, 0.3) is 0 Å². The lowest BCUT2D eigenvalue weighted by atomic mass is 9.47. The van der Waals surface area contributed by atoms with E-state index >= 15 is 0 Å². The Morgan fingerprint density at radius 2 is 1.30 bits per heavy atom. The van der Waals surface area contributed by atoms with Gasteiger partial charge in [-0.2, -0.15) is 0 Å². The fourth-order valence-corrected chi connectivity index (χ4v) is 7.65. The van der Waals surface area contributed by atoms with Crippen molar-refractivity contribution < 1.29 is 4.74 Å². The molecule has 8 rings (SSSR count). The molecule has 0 spiro atoms. The number of hydrogen-bond donors (Lipinski definition) is 0. The minimum Gasteiger partial charge on any atom is -0.458 e. The van der Waals surface area contributed by atoms with E-state index in [0.29, 0.717) is 0 Å². The van der Waals surface area contributed by atoms with Crippen LogP contribution in [0.2, 0.25) is 0 Å². The minimum absolute atomic E-state index is 0.00652. The summed E-state index contributed by atoms with van der Waals surface area (Å²) in [6.45, 7) is 4.76. The molecule has 5 aromatic rings. The molecule has 2 nitrogen and oxygen atoms in total. The highest BCUT2D eigenvalue weighted by atomic mass is 32.2. The van der Waals surface area contributed by atoms with Crippen LogP contribution in [-0.2, 0) is 5.41 Å². The maximum atomic E-state index is 6.43. The average molecular weight is 493 g/mol. The molecule has 5 aromatic carbocycles. The van der Waals surface area contributed by atoms with Crippen molar-refractivity contribution in [3.05, 3.63) is 120 Å². The lowest BCUT2D eigenvalue weighted by molar-refractivity contribution is 0.487. The maximum absolute atomic E-state index is 6.43. The normalized spacial score (nSPS) is 15.5. The van der Waals surface area contributed by atoms with Crippen LogP contribution in [0.1, 0.15) is 25.0 Å². The Kier molecular flexibility index (Phi) is 4.34. The van der Waals surface area contributed by atoms with Crippen LogP contribution in [0.3, 0.4) is 0 Å². The van der Waals surface area contributed by atoms with Crippen molar-refractivity contribution in [2.75, 3.05) is 4.81 Å². The largest absolute Gasteiger partial charge is 0.458 e. The summed E-state index contributed by atoms with van der Waals surface area (Å²) in [5.41, 5.74) is 10.3. The topological polar surface area (TPSA) is 12.5 Å². The van der Waals surface area contributed by atoms with Gasteiger partial charge < -0.3 is 9.55 Å². The average Bonchev–Trinajstić information content (AvgIpc) is 3.17. The van der Waals surface area contributed by atoms with Crippen LogP contribution in [0.25, 0.3) is 11.1 Å². The molecule has 1 aliphatic carbocycles. The Morgan fingerprint density at radius 3 is 2.08 bits per heavy atom. The van der Waals surface area contributed by atoms with Gasteiger partial charge in [0.05, 0.1) is 0 Å². The second kappa shape index (κ2) is 7.56. The number of rotatable bonds is 1. The first-order valence-electron chi connectivity index (χ1n) is 12.8. The first-order valence-corrected chi connectivity index (χ1v) is 13.6. The molecule has 4 heteroatoms. The molecule has 37 heavy (non-hydrogen) atoms. The number of anilines is 2. The van der Waals surface area contributed by atoms with Crippen molar-refractivity contribution >= 4 is 40.9 Å². The van der Waals surface area contributed by atoms with Crippen molar-refractivity contribution in [1.82, 2.24) is 0 Å². The number of nitrogens with zero attached hydrogens (tertiary/aromatic N) is 1. The molecular formula is C33H24BNOS. The molecule has 0 aromatic heterocycles. The van der Waals surface area contributed by atoms with Crippen LogP contribution in [0.5, 0.6) is 11.5 Å². The van der Waals surface area contributed by atoms with Gasteiger partial charge in [-0.25, -0.2) is 0 Å². The third-order valence-electron chi connectivity index (χ3n) is 8.15. The summed E-state index contributed by atoms with van der Waals surface area (Å²) in [5, 5.41) is 0. The van der Waals surface area contributed by atoms with E-state index in [1.165, 1.54) is 54.3 Å². The number of hydrogen-bond acceptors (Lipinski definition) is 3. The highest BCUT2D eigenvalue weighted by Gasteiger charge is 2.45. The molecule has 0 unspecified atom stereocenters. The Labute approximate surface area is 222 Å². The van der Waals surface area contributed by atoms with Crippen LogP contribution in [0.4, 0.5) is 11.4 Å². The smallest absolute Gasteiger partial charge is 0.335 e. The second-order valence-corrected chi connectivity index (χ2v) is 11.6. The van der Waals surface area contributed by atoms with Crippen LogP contribution < -0.4 is 20.5 Å². The lowest BCUT2D eigenvalue weighted by Gasteiger charge is -2.42. The van der Waals surface area contributed by atoms with E-state index in [1.54, 1.807) is 0 Å². The molecule has 0 radical (unpaired) electrons. The van der Waals surface area contributed by atoms with E-state index in [1.807, 2.05) is 11.8 Å². The van der Waals surface area contributed by atoms with Crippen molar-refractivity contribution in [3.63, 3.8) is 0 Å². The summed E-state index contributed by atoms with van der Waals surface area (Å²) in [5.74, 6) is 1.86. The van der Waals surface area contributed by atoms with Crippen molar-refractivity contribution in [1.29, 1.82) is 0 Å². The van der Waals surface area contributed by atoms with Gasteiger partial charge in [0.2, 0.25) is 0 Å². The number of ether oxygens (including phenoxy) is 1. The van der Waals surface area contributed by atoms with Gasteiger partial charge in [0, 0.05) is 26.6 Å². The van der Waals surface area contributed by atoms with Crippen LogP contribution in [0, 0.1) is 0 Å². The summed E-state index contributed by atoms with van der Waals surface area (Å²) in [6.07, 6.45) is 0. The Balaban J connectivity index is 1.48. The Hall–Kier alpha value is -3.89. The van der Waals surface area contributed by atoms with E-state index in [2.05, 4.69) is 128 Å². The van der Waals surface area contributed by atoms with E-state index in [-0.39, 0.29) is 12.3 Å². The molecule has 3 aliphatic rings. The summed E-state index contributed by atoms with van der Waals surface area (Å²) in [7, 11) is 0. The lowest BCUT2D eigenvalue weighted by Crippen LogP contribution is -2.58. The van der Waals surface area contributed by atoms with Gasteiger partial charge in [0.15, 0.2) is 0 Å². The monoisotopic (exact) mass is 493 g/mol. The van der Waals surface area contributed by atoms with E-state index in [4.69, 9.17) is 4.74 Å². The fraction of sp³-hybridized carbons (Fsp3) is 0.0909. The van der Waals surface area contributed by atoms with Gasteiger partial charge in [0.1, 0.15) is 11.5 Å². The molecule has 2 aliphatic heterocycles. The van der Waals surface area contributed by atoms with Crippen molar-refractivity contribution in [3.8, 4) is 22.6 Å². The third kappa shape index (κ3) is 2.85. The maximum Gasteiger partial charge on any atom is 0.335 e. The summed E-state index contributed by atoms with van der Waals surface area (Å²) >= 11 is 1.89. The van der Waals surface area contributed by atoms with Crippen molar-refractivity contribution in [2.45, 2.75) is 29.1 Å². The molecule has 0 fully saturated rings. The minimum atomic E-state index is -0.118. The fourth-order valence-electron chi connectivity index (χ4n) is 6.56. The van der Waals surface area contributed by atoms with E-state index in [9.17, 15) is 0 Å². The Bertz CT molecular complexity index is 1700. The summed E-state index contributed by atoms with van der Waals surface area (Å²) in [6, 6.07) is 39.5.